The zero-order valence-electron chi connectivity index (χ0n) is 6.91. The van der Waals surface area contributed by atoms with Crippen LogP contribution in [0.4, 0.5) is 11.4 Å². The zero-order valence-corrected chi connectivity index (χ0v) is 6.91. The van der Waals surface area contributed by atoms with Crippen LogP contribution in [0.15, 0.2) is 36.4 Å². The van der Waals surface area contributed by atoms with Crippen molar-refractivity contribution in [2.24, 2.45) is 0 Å². The van der Waals surface area contributed by atoms with E-state index in [-0.39, 0.29) is 0 Å². The Labute approximate surface area is 71.2 Å². The third kappa shape index (κ3) is 0.589. The number of anilines is 2. The number of benzene rings is 2. The van der Waals surface area contributed by atoms with Crippen molar-refractivity contribution >= 4 is 22.1 Å². The van der Waals surface area contributed by atoms with Crippen LogP contribution in [0.2, 0.25) is 0 Å². The molecule has 0 atom stereocenters. The van der Waals surface area contributed by atoms with Crippen LogP contribution in [0.1, 0.15) is 0 Å². The number of hydrogen-bond acceptors (Lipinski definition) is 1. The molecule has 0 spiro atoms. The topological polar surface area (TPSA) is 3.01 Å². The Morgan fingerprint density at radius 3 is 2.75 bits per heavy atom. The lowest BCUT2D eigenvalue weighted by Gasteiger charge is -1.92. The zero-order chi connectivity index (χ0) is 8.13. The van der Waals surface area contributed by atoms with E-state index >= 15 is 0 Å². The van der Waals surface area contributed by atoms with Crippen LogP contribution in [-0.4, -0.2) is 7.05 Å². The minimum Gasteiger partial charge on any atom is -0.341 e. The highest BCUT2D eigenvalue weighted by Crippen LogP contribution is 2.50. The Bertz CT molecular complexity index is 460. The van der Waals surface area contributed by atoms with Gasteiger partial charge in [-0.25, -0.2) is 0 Å². The Morgan fingerprint density at radius 1 is 1.00 bits per heavy atom. The molecule has 2 aromatic carbocycles. The molecule has 0 unspecified atom stereocenters. The van der Waals surface area contributed by atoms with Gasteiger partial charge in [0, 0.05) is 12.4 Å². The average Bonchev–Trinajstić information content (AvgIpc) is 2.78. The van der Waals surface area contributed by atoms with E-state index in [4.69, 9.17) is 0 Å². The molecular weight excluding hydrogens is 146 g/mol. The smallest absolute Gasteiger partial charge is 0.0729 e. The van der Waals surface area contributed by atoms with Gasteiger partial charge in [-0.3, -0.25) is 0 Å². The molecule has 1 nitrogen and oxygen atoms in total. The summed E-state index contributed by atoms with van der Waals surface area (Å²) in [7, 11) is 2.11. The number of nitrogens with zero attached hydrogens (tertiary/aromatic N) is 1. The van der Waals surface area contributed by atoms with Crippen LogP contribution in [0.3, 0.4) is 0 Å². The normalized spacial score (nSPS) is 13.2. The van der Waals surface area contributed by atoms with Crippen LogP contribution < -0.4 is 4.90 Å². The van der Waals surface area contributed by atoms with Gasteiger partial charge < -0.3 is 4.90 Å². The molecule has 2 aromatic rings. The summed E-state index contributed by atoms with van der Waals surface area (Å²) in [5, 5.41) is 2.71. The van der Waals surface area contributed by atoms with Gasteiger partial charge >= 0.3 is 0 Å². The first-order valence-corrected chi connectivity index (χ1v) is 4.13. The van der Waals surface area contributed by atoms with Crippen molar-refractivity contribution in [3.8, 4) is 0 Å². The standard InChI is InChI=1S/C11H9N/c1-12-10-7-6-8-4-2-3-5-9(8)11(10)12/h2-7H,1H3. The molecule has 0 aromatic heterocycles. The van der Waals surface area contributed by atoms with Gasteiger partial charge in [-0.05, 0) is 11.5 Å². The van der Waals surface area contributed by atoms with Crippen LogP contribution >= 0.6 is 0 Å². The summed E-state index contributed by atoms with van der Waals surface area (Å²) in [4.78, 5) is 2.22. The summed E-state index contributed by atoms with van der Waals surface area (Å²) in [6, 6.07) is 12.9. The fraction of sp³-hybridized carbons (Fsp3) is 0.0909. The maximum Gasteiger partial charge on any atom is 0.0729 e. The lowest BCUT2D eigenvalue weighted by molar-refractivity contribution is 1.42. The van der Waals surface area contributed by atoms with Gasteiger partial charge in [0.05, 0.1) is 11.4 Å². The van der Waals surface area contributed by atoms with Gasteiger partial charge in [0.2, 0.25) is 0 Å². The molecule has 0 amide bonds. The van der Waals surface area contributed by atoms with Crippen molar-refractivity contribution in [3.63, 3.8) is 0 Å². The summed E-state index contributed by atoms with van der Waals surface area (Å²) in [6.45, 7) is 0. The second-order valence-corrected chi connectivity index (χ2v) is 3.21. The first kappa shape index (κ1) is 6.06. The second-order valence-electron chi connectivity index (χ2n) is 3.21. The van der Waals surface area contributed by atoms with Gasteiger partial charge in [-0.1, -0.05) is 30.3 Å². The maximum absolute atomic E-state index is 2.22. The Kier molecular flexibility index (Phi) is 0.912. The van der Waals surface area contributed by atoms with Crippen molar-refractivity contribution in [2.75, 3.05) is 11.9 Å². The molecule has 3 rings (SSSR count). The third-order valence-electron chi connectivity index (χ3n) is 2.53. The first-order chi connectivity index (χ1) is 5.88. The number of rotatable bonds is 0. The summed E-state index contributed by atoms with van der Waals surface area (Å²) >= 11 is 0. The summed E-state index contributed by atoms with van der Waals surface area (Å²) < 4.78 is 0. The fourth-order valence-electron chi connectivity index (χ4n) is 1.80. The predicted molar refractivity (Wildman–Crippen MR) is 52.0 cm³/mol. The SMILES string of the molecule is CN1c2ccc3ccccc3c21. The van der Waals surface area contributed by atoms with Crippen molar-refractivity contribution < 1.29 is 0 Å². The molecule has 0 bridgehead atoms. The molecule has 0 saturated carbocycles. The van der Waals surface area contributed by atoms with E-state index in [0.717, 1.165) is 0 Å². The molecule has 0 N–H and O–H groups in total. The molecule has 1 heteroatoms. The monoisotopic (exact) mass is 155 g/mol. The maximum atomic E-state index is 2.22. The van der Waals surface area contributed by atoms with Crippen LogP contribution in [-0.2, 0) is 0 Å². The van der Waals surface area contributed by atoms with Gasteiger partial charge in [0.25, 0.3) is 0 Å². The van der Waals surface area contributed by atoms with E-state index in [1.54, 1.807) is 0 Å². The highest BCUT2D eigenvalue weighted by Gasteiger charge is 2.26. The third-order valence-corrected chi connectivity index (χ3v) is 2.53. The Morgan fingerprint density at radius 2 is 1.83 bits per heavy atom. The van der Waals surface area contributed by atoms with E-state index in [0.29, 0.717) is 0 Å². The molecule has 0 aliphatic carbocycles. The lowest BCUT2D eigenvalue weighted by Crippen LogP contribution is -1.82. The fourth-order valence-corrected chi connectivity index (χ4v) is 1.80. The molecule has 0 fully saturated rings. The van der Waals surface area contributed by atoms with Crippen molar-refractivity contribution in [1.82, 2.24) is 0 Å². The highest BCUT2D eigenvalue weighted by molar-refractivity contribution is 6.11. The van der Waals surface area contributed by atoms with E-state index in [2.05, 4.69) is 48.3 Å². The van der Waals surface area contributed by atoms with Crippen LogP contribution in [0.25, 0.3) is 10.8 Å². The highest BCUT2D eigenvalue weighted by atomic mass is 15.2. The molecule has 0 saturated heterocycles. The van der Waals surface area contributed by atoms with E-state index < -0.39 is 0 Å². The van der Waals surface area contributed by atoms with E-state index in [9.17, 15) is 0 Å². The molecule has 1 heterocycles. The van der Waals surface area contributed by atoms with Crippen LogP contribution in [0.5, 0.6) is 0 Å². The largest absolute Gasteiger partial charge is 0.341 e. The summed E-state index contributed by atoms with van der Waals surface area (Å²) in [5.41, 5.74) is 2.77. The second kappa shape index (κ2) is 1.81. The lowest BCUT2D eigenvalue weighted by atomic mass is 10.1. The number of hydrogen-bond donors (Lipinski definition) is 0. The van der Waals surface area contributed by atoms with Gasteiger partial charge in [0.1, 0.15) is 0 Å². The minimum absolute atomic E-state index is 1.33. The van der Waals surface area contributed by atoms with Gasteiger partial charge in [-0.15, -0.1) is 0 Å². The molecule has 12 heavy (non-hydrogen) atoms. The number of fused-ring (bicyclic) bond motifs is 3. The molecular formula is C11H9N. The molecule has 58 valence electrons. The first-order valence-electron chi connectivity index (χ1n) is 4.13. The molecule has 1 aliphatic heterocycles. The van der Waals surface area contributed by atoms with Gasteiger partial charge in [0.15, 0.2) is 0 Å². The molecule has 1 aliphatic rings. The summed E-state index contributed by atoms with van der Waals surface area (Å²) in [6.07, 6.45) is 0. The van der Waals surface area contributed by atoms with Crippen molar-refractivity contribution in [3.05, 3.63) is 36.4 Å². The molecule has 0 radical (unpaired) electrons. The minimum atomic E-state index is 1.33. The predicted octanol–water partition coefficient (Wildman–Crippen LogP) is 2.92. The Hall–Kier alpha value is -1.50. The van der Waals surface area contributed by atoms with Crippen molar-refractivity contribution in [2.45, 2.75) is 0 Å². The van der Waals surface area contributed by atoms with Crippen molar-refractivity contribution in [1.29, 1.82) is 0 Å². The van der Waals surface area contributed by atoms with E-state index in [1.807, 2.05) is 0 Å². The van der Waals surface area contributed by atoms with E-state index in [1.165, 1.54) is 22.1 Å². The van der Waals surface area contributed by atoms with Crippen LogP contribution in [0, 0.1) is 0 Å². The Balaban J connectivity index is 2.47. The quantitative estimate of drug-likeness (QED) is 0.528. The summed E-state index contributed by atoms with van der Waals surface area (Å²) in [5.74, 6) is 0. The average molecular weight is 155 g/mol. The van der Waals surface area contributed by atoms with Gasteiger partial charge in [-0.2, -0.15) is 0 Å².